The molecule has 0 atom stereocenters. The third kappa shape index (κ3) is 31.3. The number of unbranched alkanes of at least 4 members (excludes halogenated alkanes) is 9. The maximum Gasteiger partial charge on any atom is 0.300 e. The fraction of sp³-hybridized carbons (Fsp3) is 0.929. The lowest BCUT2D eigenvalue weighted by Gasteiger charge is -2.00. The van der Waals surface area contributed by atoms with Gasteiger partial charge in [-0.3, -0.25) is 4.79 Å². The summed E-state index contributed by atoms with van der Waals surface area (Å²) < 4.78 is 0. The zero-order valence-electron chi connectivity index (χ0n) is 11.6. The van der Waals surface area contributed by atoms with Gasteiger partial charge in [-0.15, -0.1) is 0 Å². The van der Waals surface area contributed by atoms with Crippen LogP contribution in [-0.4, -0.2) is 16.8 Å². The predicted molar refractivity (Wildman–Crippen MR) is 79.0 cm³/mol. The lowest BCUT2D eigenvalue weighted by atomic mass is 10.1. The van der Waals surface area contributed by atoms with Gasteiger partial charge in [0.25, 0.3) is 5.97 Å². The van der Waals surface area contributed by atoms with E-state index in [4.69, 9.17) is 9.90 Å². The van der Waals surface area contributed by atoms with Crippen LogP contribution < -0.4 is 0 Å². The molecule has 0 aliphatic heterocycles. The van der Waals surface area contributed by atoms with E-state index in [2.05, 4.69) is 19.6 Å². The van der Waals surface area contributed by atoms with E-state index >= 15 is 0 Å². The van der Waals surface area contributed by atoms with Crippen molar-refractivity contribution in [3.05, 3.63) is 0 Å². The van der Waals surface area contributed by atoms with Gasteiger partial charge in [-0.05, 0) is 12.2 Å². The van der Waals surface area contributed by atoms with Crippen molar-refractivity contribution < 1.29 is 9.90 Å². The van der Waals surface area contributed by atoms with Gasteiger partial charge in [0.2, 0.25) is 0 Å². The van der Waals surface area contributed by atoms with E-state index in [9.17, 15) is 0 Å². The van der Waals surface area contributed by atoms with Gasteiger partial charge in [-0.1, -0.05) is 64.7 Å². The Morgan fingerprint density at radius 3 is 1.47 bits per heavy atom. The van der Waals surface area contributed by atoms with E-state index in [1.165, 1.54) is 64.2 Å². The van der Waals surface area contributed by atoms with Crippen LogP contribution in [0.25, 0.3) is 0 Å². The predicted octanol–water partition coefficient (Wildman–Crippen LogP) is 4.93. The molecule has 17 heavy (non-hydrogen) atoms. The van der Waals surface area contributed by atoms with Crippen molar-refractivity contribution in [2.45, 2.75) is 78.1 Å². The molecule has 0 fully saturated rings. The monoisotopic (exact) mass is 262 g/mol. The highest BCUT2D eigenvalue weighted by Gasteiger charge is 1.91. The van der Waals surface area contributed by atoms with Gasteiger partial charge in [0.1, 0.15) is 0 Å². The molecule has 0 spiro atoms. The second kappa shape index (κ2) is 18.2. The molecular weight excluding hydrogens is 232 g/mol. The first kappa shape index (κ1) is 19.2. The zero-order valence-corrected chi connectivity index (χ0v) is 12.5. The van der Waals surface area contributed by atoms with E-state index < -0.39 is 5.97 Å². The van der Waals surface area contributed by atoms with Crippen molar-refractivity contribution in [3.8, 4) is 0 Å². The summed E-state index contributed by atoms with van der Waals surface area (Å²) in [7, 11) is 0. The standard InChI is InChI=1S/C12H26S.C2H4O2/c1-2-3-4-5-6-7-8-9-10-11-12-13;1-2(3)4/h13H,2-12H2,1H3;1H3,(H,3,4). The largest absolute Gasteiger partial charge is 0.481 e. The van der Waals surface area contributed by atoms with Gasteiger partial charge < -0.3 is 5.11 Å². The van der Waals surface area contributed by atoms with Crippen LogP contribution in [0.2, 0.25) is 0 Å². The molecule has 0 unspecified atom stereocenters. The van der Waals surface area contributed by atoms with Crippen molar-refractivity contribution in [1.82, 2.24) is 0 Å². The molecule has 0 aromatic rings. The van der Waals surface area contributed by atoms with Crippen molar-refractivity contribution in [3.63, 3.8) is 0 Å². The number of thiol groups is 1. The highest BCUT2D eigenvalue weighted by Crippen LogP contribution is 2.10. The van der Waals surface area contributed by atoms with Gasteiger partial charge in [-0.2, -0.15) is 12.6 Å². The zero-order chi connectivity index (χ0) is 13.4. The molecule has 0 bridgehead atoms. The topological polar surface area (TPSA) is 37.3 Å². The van der Waals surface area contributed by atoms with Crippen molar-refractivity contribution in [2.75, 3.05) is 5.75 Å². The summed E-state index contributed by atoms with van der Waals surface area (Å²) in [5.41, 5.74) is 0. The molecule has 0 aliphatic carbocycles. The molecule has 0 radical (unpaired) electrons. The first-order chi connectivity index (χ1) is 8.15. The summed E-state index contributed by atoms with van der Waals surface area (Å²) >= 11 is 4.20. The van der Waals surface area contributed by atoms with Crippen molar-refractivity contribution in [1.29, 1.82) is 0 Å². The molecular formula is C14H30O2S. The van der Waals surface area contributed by atoms with Gasteiger partial charge in [-0.25, -0.2) is 0 Å². The smallest absolute Gasteiger partial charge is 0.300 e. The normalized spacial score (nSPS) is 9.59. The molecule has 3 heteroatoms. The molecule has 1 N–H and O–H groups in total. The van der Waals surface area contributed by atoms with Crippen molar-refractivity contribution >= 4 is 18.6 Å². The van der Waals surface area contributed by atoms with Gasteiger partial charge in [0.05, 0.1) is 0 Å². The number of carboxylic acid groups (broad SMARTS) is 1. The van der Waals surface area contributed by atoms with Crippen LogP contribution in [0.5, 0.6) is 0 Å². The van der Waals surface area contributed by atoms with Crippen LogP contribution in [0.4, 0.5) is 0 Å². The summed E-state index contributed by atoms with van der Waals surface area (Å²) in [6.07, 6.45) is 14.2. The lowest BCUT2D eigenvalue weighted by Crippen LogP contribution is -1.81. The molecule has 0 saturated carbocycles. The molecule has 104 valence electrons. The van der Waals surface area contributed by atoms with Gasteiger partial charge >= 0.3 is 0 Å². The Hall–Kier alpha value is -0.180. The second-order valence-electron chi connectivity index (χ2n) is 4.42. The van der Waals surface area contributed by atoms with Crippen LogP contribution in [0.1, 0.15) is 78.1 Å². The SMILES string of the molecule is CC(=O)O.CCCCCCCCCCCCS. The minimum Gasteiger partial charge on any atom is -0.481 e. The quantitative estimate of drug-likeness (QED) is 0.433. The molecule has 0 heterocycles. The first-order valence-corrected chi connectivity index (χ1v) is 7.58. The molecule has 0 rings (SSSR count). The van der Waals surface area contributed by atoms with Gasteiger partial charge in [0, 0.05) is 6.92 Å². The number of carbonyl (C=O) groups is 1. The number of carboxylic acids is 1. The summed E-state index contributed by atoms with van der Waals surface area (Å²) in [4.78, 5) is 9.00. The van der Waals surface area contributed by atoms with E-state index in [-0.39, 0.29) is 0 Å². The second-order valence-corrected chi connectivity index (χ2v) is 4.87. The Morgan fingerprint density at radius 1 is 0.882 bits per heavy atom. The van der Waals surface area contributed by atoms with Crippen LogP contribution in [0, 0.1) is 0 Å². The van der Waals surface area contributed by atoms with E-state index in [0.29, 0.717) is 0 Å². The van der Waals surface area contributed by atoms with E-state index in [1.807, 2.05) is 0 Å². The minimum absolute atomic E-state index is 0.833. The molecule has 0 aromatic heterocycles. The first-order valence-electron chi connectivity index (χ1n) is 6.95. The lowest BCUT2D eigenvalue weighted by molar-refractivity contribution is -0.134. The number of hydrogen-bond acceptors (Lipinski definition) is 2. The van der Waals surface area contributed by atoms with E-state index in [0.717, 1.165) is 12.7 Å². The fourth-order valence-corrected chi connectivity index (χ4v) is 1.82. The molecule has 0 amide bonds. The highest BCUT2D eigenvalue weighted by atomic mass is 32.1. The molecule has 0 aliphatic rings. The Morgan fingerprint density at radius 2 is 1.18 bits per heavy atom. The third-order valence-corrected chi connectivity index (χ3v) is 2.83. The third-order valence-electron chi connectivity index (χ3n) is 2.51. The summed E-state index contributed by atoms with van der Waals surface area (Å²) in [5, 5.41) is 7.42. The Bertz CT molecular complexity index is 135. The van der Waals surface area contributed by atoms with Crippen molar-refractivity contribution in [2.24, 2.45) is 0 Å². The molecule has 2 nitrogen and oxygen atoms in total. The average Bonchev–Trinajstić information content (AvgIpc) is 2.26. The number of hydrogen-bond donors (Lipinski definition) is 2. The molecule has 0 saturated heterocycles. The van der Waals surface area contributed by atoms with Crippen LogP contribution in [0.3, 0.4) is 0 Å². The van der Waals surface area contributed by atoms with Crippen LogP contribution in [-0.2, 0) is 4.79 Å². The maximum absolute atomic E-state index is 9.00. The molecule has 0 aromatic carbocycles. The Kier molecular flexibility index (Phi) is 20.5. The fourth-order valence-electron chi connectivity index (χ4n) is 1.60. The highest BCUT2D eigenvalue weighted by molar-refractivity contribution is 7.80. The summed E-state index contributed by atoms with van der Waals surface area (Å²) in [5.74, 6) is 0.233. The average molecular weight is 262 g/mol. The van der Waals surface area contributed by atoms with Crippen LogP contribution in [0.15, 0.2) is 0 Å². The summed E-state index contributed by atoms with van der Waals surface area (Å²) in [6.45, 7) is 3.36. The van der Waals surface area contributed by atoms with Crippen LogP contribution >= 0.6 is 12.6 Å². The number of aliphatic carboxylic acids is 1. The maximum atomic E-state index is 9.00. The van der Waals surface area contributed by atoms with Gasteiger partial charge in [0.15, 0.2) is 0 Å². The van der Waals surface area contributed by atoms with E-state index in [1.54, 1.807) is 0 Å². The Labute approximate surface area is 113 Å². The summed E-state index contributed by atoms with van der Waals surface area (Å²) in [6, 6.07) is 0. The Balaban J connectivity index is 0. The number of rotatable bonds is 10. The minimum atomic E-state index is -0.833.